The molecule has 0 fully saturated rings. The smallest absolute Gasteiger partial charge is 0.254 e. The molecule has 3 rings (SSSR count). The largest absolute Gasteiger partial charge is 0.388 e. The quantitative estimate of drug-likeness (QED) is 0.439. The lowest BCUT2D eigenvalue weighted by Gasteiger charge is -2.15. The number of benzene rings is 2. The summed E-state index contributed by atoms with van der Waals surface area (Å²) in [5.74, 6) is 0. The Morgan fingerprint density at radius 2 is 1.97 bits per heavy atom. The standard InChI is InChI=1S/C21H18Cl2N4O2/c22-15-6-7-18(25-11-20(23)24)17(9-15)19-10-21(29)27(13-26-19)16(12-28)8-14-4-2-1-3-5-14/h1-7,9-13,16,25H,8,24H2/b20-11-. The van der Waals surface area contributed by atoms with Crippen LogP contribution in [0.4, 0.5) is 5.69 Å². The zero-order valence-corrected chi connectivity index (χ0v) is 16.8. The van der Waals surface area contributed by atoms with Gasteiger partial charge in [0.15, 0.2) is 0 Å². The Kier molecular flexibility index (Phi) is 6.69. The highest BCUT2D eigenvalue weighted by Gasteiger charge is 2.15. The minimum Gasteiger partial charge on any atom is -0.388 e. The van der Waals surface area contributed by atoms with Gasteiger partial charge in [-0.25, -0.2) is 4.98 Å². The number of aldehydes is 1. The molecule has 1 atom stereocenters. The second kappa shape index (κ2) is 9.41. The molecule has 29 heavy (non-hydrogen) atoms. The summed E-state index contributed by atoms with van der Waals surface area (Å²) in [6.45, 7) is 0. The number of nitrogens with one attached hydrogen (secondary N) is 1. The molecule has 0 saturated carbocycles. The van der Waals surface area contributed by atoms with Crippen molar-refractivity contribution in [2.45, 2.75) is 12.5 Å². The minimum absolute atomic E-state index is 0.0732. The molecular weight excluding hydrogens is 411 g/mol. The van der Waals surface area contributed by atoms with Crippen molar-refractivity contribution < 1.29 is 4.79 Å². The maximum atomic E-state index is 12.7. The first-order valence-corrected chi connectivity index (χ1v) is 9.48. The second-order valence-electron chi connectivity index (χ2n) is 6.28. The second-order valence-corrected chi connectivity index (χ2v) is 7.15. The van der Waals surface area contributed by atoms with E-state index < -0.39 is 6.04 Å². The van der Waals surface area contributed by atoms with E-state index in [1.165, 1.54) is 23.2 Å². The third-order valence-electron chi connectivity index (χ3n) is 4.26. The van der Waals surface area contributed by atoms with E-state index in [4.69, 9.17) is 28.9 Å². The SMILES string of the molecule is N/C(Cl)=C\Nc1ccc(Cl)cc1-c1cc(=O)n(C(C=O)Cc2ccccc2)cn1. The Bertz CT molecular complexity index is 1090. The number of nitrogens with two attached hydrogens (primary N) is 1. The van der Waals surface area contributed by atoms with Crippen LogP contribution in [0, 0.1) is 0 Å². The van der Waals surface area contributed by atoms with Crippen LogP contribution in [0.3, 0.4) is 0 Å². The lowest BCUT2D eigenvalue weighted by atomic mass is 10.1. The Morgan fingerprint density at radius 3 is 2.62 bits per heavy atom. The zero-order valence-electron chi connectivity index (χ0n) is 15.3. The molecule has 0 radical (unpaired) electrons. The highest BCUT2D eigenvalue weighted by Crippen LogP contribution is 2.29. The summed E-state index contributed by atoms with van der Waals surface area (Å²) < 4.78 is 1.32. The predicted octanol–water partition coefficient (Wildman–Crippen LogP) is 3.95. The lowest BCUT2D eigenvalue weighted by Crippen LogP contribution is -2.27. The molecule has 0 saturated heterocycles. The van der Waals surface area contributed by atoms with Crippen LogP contribution in [0.1, 0.15) is 11.6 Å². The van der Waals surface area contributed by atoms with E-state index in [-0.39, 0.29) is 10.7 Å². The predicted molar refractivity (Wildman–Crippen MR) is 116 cm³/mol. The number of nitrogens with zero attached hydrogens (tertiary/aromatic N) is 2. The molecule has 1 heterocycles. The third-order valence-corrected chi connectivity index (χ3v) is 4.61. The summed E-state index contributed by atoms with van der Waals surface area (Å²) in [6.07, 6.45) is 3.93. The van der Waals surface area contributed by atoms with E-state index in [0.717, 1.165) is 11.8 Å². The van der Waals surface area contributed by atoms with E-state index in [1.807, 2.05) is 30.3 Å². The fourth-order valence-corrected chi connectivity index (χ4v) is 3.10. The fraction of sp³-hybridized carbons (Fsp3) is 0.0952. The highest BCUT2D eigenvalue weighted by molar-refractivity contribution is 6.31. The van der Waals surface area contributed by atoms with Crippen LogP contribution in [0.5, 0.6) is 0 Å². The van der Waals surface area contributed by atoms with Gasteiger partial charge >= 0.3 is 0 Å². The first-order valence-electron chi connectivity index (χ1n) is 8.73. The summed E-state index contributed by atoms with van der Waals surface area (Å²) in [6, 6.07) is 15.3. The van der Waals surface area contributed by atoms with E-state index in [2.05, 4.69) is 10.3 Å². The van der Waals surface area contributed by atoms with Crippen LogP contribution in [-0.4, -0.2) is 15.8 Å². The maximum absolute atomic E-state index is 12.7. The first-order chi connectivity index (χ1) is 14.0. The van der Waals surface area contributed by atoms with Crippen molar-refractivity contribution in [3.8, 4) is 11.3 Å². The summed E-state index contributed by atoms with van der Waals surface area (Å²) in [4.78, 5) is 28.7. The average molecular weight is 429 g/mol. The first kappa shape index (κ1) is 20.6. The molecule has 3 N–H and O–H groups in total. The van der Waals surface area contributed by atoms with E-state index in [9.17, 15) is 9.59 Å². The Hall–Kier alpha value is -3.09. The van der Waals surface area contributed by atoms with Gasteiger partial charge in [-0.3, -0.25) is 9.36 Å². The van der Waals surface area contributed by atoms with Gasteiger partial charge < -0.3 is 15.8 Å². The van der Waals surface area contributed by atoms with Crippen LogP contribution in [0.25, 0.3) is 11.3 Å². The molecule has 0 bridgehead atoms. The Balaban J connectivity index is 1.95. The molecule has 1 unspecified atom stereocenters. The molecule has 3 aromatic rings. The lowest BCUT2D eigenvalue weighted by molar-refractivity contribution is -0.110. The number of anilines is 1. The van der Waals surface area contributed by atoms with Crippen molar-refractivity contribution in [3.05, 3.63) is 93.2 Å². The molecule has 0 aliphatic carbocycles. The minimum atomic E-state index is -0.651. The number of aromatic nitrogens is 2. The molecule has 6 nitrogen and oxygen atoms in total. The van der Waals surface area contributed by atoms with Gasteiger partial charge in [-0.05, 0) is 23.8 Å². The molecule has 0 amide bonds. The van der Waals surface area contributed by atoms with Crippen LogP contribution in [-0.2, 0) is 11.2 Å². The van der Waals surface area contributed by atoms with E-state index in [0.29, 0.717) is 28.4 Å². The van der Waals surface area contributed by atoms with Crippen LogP contribution in [0.15, 0.2) is 77.1 Å². The normalized spacial score (nSPS) is 12.4. The molecule has 2 aromatic carbocycles. The van der Waals surface area contributed by atoms with E-state index in [1.54, 1.807) is 18.2 Å². The fourth-order valence-electron chi connectivity index (χ4n) is 2.87. The van der Waals surface area contributed by atoms with Crippen LogP contribution < -0.4 is 16.6 Å². The number of carbonyl (C=O) groups is 1. The maximum Gasteiger partial charge on any atom is 0.254 e. The molecule has 0 aliphatic rings. The number of rotatable bonds is 7. The monoisotopic (exact) mass is 428 g/mol. The van der Waals surface area contributed by atoms with Gasteiger partial charge in [0.25, 0.3) is 5.56 Å². The summed E-state index contributed by atoms with van der Waals surface area (Å²) in [5.41, 5.74) is 7.68. The van der Waals surface area contributed by atoms with Crippen molar-refractivity contribution in [3.63, 3.8) is 0 Å². The molecule has 8 heteroatoms. The van der Waals surface area contributed by atoms with Gasteiger partial charge in [0, 0.05) is 35.0 Å². The number of carbonyl (C=O) groups excluding carboxylic acids is 1. The topological polar surface area (TPSA) is 90.0 Å². The van der Waals surface area contributed by atoms with Crippen molar-refractivity contribution in [1.29, 1.82) is 0 Å². The highest BCUT2D eigenvalue weighted by atomic mass is 35.5. The Morgan fingerprint density at radius 1 is 1.21 bits per heavy atom. The van der Waals surface area contributed by atoms with Gasteiger partial charge in [-0.15, -0.1) is 0 Å². The van der Waals surface area contributed by atoms with Crippen molar-refractivity contribution >= 4 is 35.2 Å². The van der Waals surface area contributed by atoms with Gasteiger partial charge in [0.2, 0.25) is 0 Å². The third kappa shape index (κ3) is 5.25. The number of hydrogen-bond donors (Lipinski definition) is 2. The van der Waals surface area contributed by atoms with Crippen molar-refractivity contribution in [2.75, 3.05) is 5.32 Å². The van der Waals surface area contributed by atoms with Crippen molar-refractivity contribution in [2.24, 2.45) is 5.73 Å². The average Bonchev–Trinajstić information content (AvgIpc) is 2.72. The van der Waals surface area contributed by atoms with Crippen molar-refractivity contribution in [1.82, 2.24) is 9.55 Å². The van der Waals surface area contributed by atoms with Gasteiger partial charge in [-0.1, -0.05) is 53.5 Å². The molecule has 0 spiro atoms. The number of hydrogen-bond acceptors (Lipinski definition) is 5. The van der Waals surface area contributed by atoms with Gasteiger partial charge in [0.05, 0.1) is 18.1 Å². The van der Waals surface area contributed by atoms with Gasteiger partial charge in [0.1, 0.15) is 11.4 Å². The number of halogens is 2. The summed E-state index contributed by atoms with van der Waals surface area (Å²) >= 11 is 11.8. The van der Waals surface area contributed by atoms with Crippen LogP contribution in [0.2, 0.25) is 5.02 Å². The molecule has 0 aliphatic heterocycles. The summed E-state index contributed by atoms with van der Waals surface area (Å²) in [7, 11) is 0. The molecule has 1 aromatic heterocycles. The molecular formula is C21H18Cl2N4O2. The van der Waals surface area contributed by atoms with Gasteiger partial charge in [-0.2, -0.15) is 0 Å². The van der Waals surface area contributed by atoms with E-state index >= 15 is 0 Å². The zero-order chi connectivity index (χ0) is 20.8. The Labute approximate surface area is 177 Å². The summed E-state index contributed by atoms with van der Waals surface area (Å²) in [5, 5.41) is 3.51. The van der Waals surface area contributed by atoms with Crippen LogP contribution >= 0.6 is 23.2 Å². The molecule has 148 valence electrons.